The van der Waals surface area contributed by atoms with Crippen LogP contribution in [-0.2, 0) is 9.59 Å². The van der Waals surface area contributed by atoms with Crippen LogP contribution in [0.25, 0.3) is 0 Å². The van der Waals surface area contributed by atoms with Crippen molar-refractivity contribution in [1.82, 2.24) is 15.2 Å². The molecule has 1 aliphatic carbocycles. The normalized spacial score (nSPS) is 25.3. The molecule has 3 aliphatic rings. The van der Waals surface area contributed by atoms with Crippen LogP contribution in [0, 0.1) is 0 Å². The Morgan fingerprint density at radius 2 is 2.07 bits per heavy atom. The Morgan fingerprint density at radius 1 is 1.36 bits per heavy atom. The fraction of sp³-hybridized carbons (Fsp3) is 0.476. The van der Waals surface area contributed by atoms with Gasteiger partial charge in [-0.2, -0.15) is 0 Å². The Hall–Kier alpha value is -2.83. The van der Waals surface area contributed by atoms with Gasteiger partial charge in [0.2, 0.25) is 6.41 Å². The molecule has 1 aromatic heterocycles. The molecule has 1 saturated carbocycles. The number of nitrogens with one attached hydrogen (secondary N) is 2. The predicted molar refractivity (Wildman–Crippen MR) is 108 cm³/mol. The van der Waals surface area contributed by atoms with Crippen molar-refractivity contribution in [2.24, 2.45) is 0 Å². The summed E-state index contributed by atoms with van der Waals surface area (Å²) in [6, 6.07) is 1.83. The van der Waals surface area contributed by atoms with E-state index in [1.165, 1.54) is 0 Å². The van der Waals surface area contributed by atoms with E-state index in [1.54, 1.807) is 11.1 Å². The first-order valence-corrected chi connectivity index (χ1v) is 9.89. The Kier molecular flexibility index (Phi) is 4.40. The third-order valence-corrected chi connectivity index (χ3v) is 6.39. The number of anilines is 2. The first-order valence-electron chi connectivity index (χ1n) is 9.89. The monoisotopic (exact) mass is 381 g/mol. The number of carbonyl (C=O) groups excluding carboxylic acids is 2. The summed E-state index contributed by atoms with van der Waals surface area (Å²) in [5, 5.41) is 6.51. The van der Waals surface area contributed by atoms with Crippen LogP contribution in [0.5, 0.6) is 0 Å². The number of aromatic nitrogens is 1. The van der Waals surface area contributed by atoms with Crippen LogP contribution >= 0.6 is 0 Å². The summed E-state index contributed by atoms with van der Waals surface area (Å²) >= 11 is 0. The number of fused-ring (bicyclic) bond motifs is 1. The van der Waals surface area contributed by atoms with Gasteiger partial charge < -0.3 is 16.4 Å². The molecule has 2 fully saturated rings. The third-order valence-electron chi connectivity index (χ3n) is 6.39. The molecule has 7 nitrogen and oxygen atoms in total. The number of carbonyl (C=O) groups is 2. The molecule has 0 unspecified atom stereocenters. The average molecular weight is 381 g/mol. The van der Waals surface area contributed by atoms with Crippen molar-refractivity contribution in [1.29, 1.82) is 0 Å². The zero-order chi connectivity index (χ0) is 20.1. The molecule has 0 aromatic carbocycles. The van der Waals surface area contributed by atoms with Crippen LogP contribution in [0.15, 0.2) is 34.8 Å². The van der Waals surface area contributed by atoms with Crippen LogP contribution in [0.1, 0.15) is 64.4 Å². The van der Waals surface area contributed by atoms with E-state index in [-0.39, 0.29) is 11.8 Å². The van der Waals surface area contributed by atoms with Crippen molar-refractivity contribution in [3.63, 3.8) is 0 Å². The molecule has 1 saturated heterocycles. The summed E-state index contributed by atoms with van der Waals surface area (Å²) in [5.74, 6) is 0.326. The molecule has 3 heterocycles. The minimum absolute atomic E-state index is 0.0288. The van der Waals surface area contributed by atoms with Gasteiger partial charge in [-0.05, 0) is 50.7 Å². The summed E-state index contributed by atoms with van der Waals surface area (Å²) in [5.41, 5.74) is 10.5. The highest BCUT2D eigenvalue weighted by atomic mass is 16.2. The van der Waals surface area contributed by atoms with E-state index in [1.807, 2.05) is 19.9 Å². The van der Waals surface area contributed by atoms with Crippen LogP contribution in [0.4, 0.5) is 11.5 Å². The lowest BCUT2D eigenvalue weighted by Gasteiger charge is -2.39. The Bertz CT molecular complexity index is 911. The lowest BCUT2D eigenvalue weighted by atomic mass is 9.83. The van der Waals surface area contributed by atoms with E-state index in [2.05, 4.69) is 22.5 Å². The van der Waals surface area contributed by atoms with Crippen molar-refractivity contribution in [2.45, 2.75) is 64.5 Å². The highest BCUT2D eigenvalue weighted by Crippen LogP contribution is 2.44. The third kappa shape index (κ3) is 2.68. The van der Waals surface area contributed by atoms with Gasteiger partial charge in [0.25, 0.3) is 5.91 Å². The van der Waals surface area contributed by atoms with Gasteiger partial charge in [-0.3, -0.25) is 14.5 Å². The minimum Gasteiger partial charge on any atom is -0.384 e. The number of amides is 2. The molecular weight excluding hydrogens is 354 g/mol. The smallest absolute Gasteiger partial charge is 0.270 e. The first kappa shape index (κ1) is 18.5. The fourth-order valence-electron chi connectivity index (χ4n) is 5.08. The predicted octanol–water partition coefficient (Wildman–Crippen LogP) is 2.99. The van der Waals surface area contributed by atoms with Gasteiger partial charge in [-0.25, -0.2) is 4.98 Å². The van der Waals surface area contributed by atoms with Gasteiger partial charge >= 0.3 is 0 Å². The number of nitrogens with two attached hydrogens (primary N) is 1. The highest BCUT2D eigenvalue weighted by Gasteiger charge is 2.49. The van der Waals surface area contributed by atoms with Crippen molar-refractivity contribution < 1.29 is 9.59 Å². The molecule has 1 aromatic rings. The van der Waals surface area contributed by atoms with E-state index >= 15 is 0 Å². The minimum atomic E-state index is -0.568. The maximum absolute atomic E-state index is 13.0. The second-order valence-electron chi connectivity index (χ2n) is 8.08. The SMILES string of the molecule is CC1=C(/C(C)=C2/C(=O)NC3(CCCCC3)N2C=O)[C@@H](C)c2cnc(N)cc2N1. The number of hydrogen-bond acceptors (Lipinski definition) is 5. The quantitative estimate of drug-likeness (QED) is 0.540. The maximum atomic E-state index is 13.0. The van der Waals surface area contributed by atoms with Crippen LogP contribution in [0.2, 0.25) is 0 Å². The molecule has 1 spiro atoms. The number of nitrogen functional groups attached to an aromatic ring is 1. The number of nitrogens with zero attached hydrogens (tertiary/aromatic N) is 2. The summed E-state index contributed by atoms with van der Waals surface area (Å²) in [7, 11) is 0. The number of rotatable bonds is 2. The Morgan fingerprint density at radius 3 is 2.75 bits per heavy atom. The van der Waals surface area contributed by atoms with Gasteiger partial charge in [-0.15, -0.1) is 0 Å². The Labute approximate surface area is 165 Å². The lowest BCUT2D eigenvalue weighted by molar-refractivity contribution is -0.121. The molecule has 4 rings (SSSR count). The maximum Gasteiger partial charge on any atom is 0.270 e. The molecule has 148 valence electrons. The number of allylic oxidation sites excluding steroid dienone is 3. The van der Waals surface area contributed by atoms with Crippen molar-refractivity contribution in [3.8, 4) is 0 Å². The molecular formula is C21H27N5O2. The fourth-order valence-corrected chi connectivity index (χ4v) is 5.08. The molecule has 0 bridgehead atoms. The average Bonchev–Trinajstić information content (AvgIpc) is 2.92. The van der Waals surface area contributed by atoms with Gasteiger partial charge in [-0.1, -0.05) is 13.3 Å². The zero-order valence-electron chi connectivity index (χ0n) is 16.6. The number of pyridine rings is 1. The van der Waals surface area contributed by atoms with Crippen LogP contribution in [0.3, 0.4) is 0 Å². The van der Waals surface area contributed by atoms with Crippen molar-refractivity contribution in [2.75, 3.05) is 11.1 Å². The molecule has 4 N–H and O–H groups in total. The van der Waals surface area contributed by atoms with Gasteiger partial charge in [0.15, 0.2) is 0 Å². The molecule has 2 amide bonds. The lowest BCUT2D eigenvalue weighted by Crippen LogP contribution is -2.52. The van der Waals surface area contributed by atoms with Crippen LogP contribution < -0.4 is 16.4 Å². The number of hydrogen-bond donors (Lipinski definition) is 3. The van der Waals surface area contributed by atoms with E-state index in [0.29, 0.717) is 11.5 Å². The first-order chi connectivity index (χ1) is 13.4. The summed E-state index contributed by atoms with van der Waals surface area (Å²) in [4.78, 5) is 30.9. The molecule has 1 atom stereocenters. The zero-order valence-corrected chi connectivity index (χ0v) is 16.6. The summed E-state index contributed by atoms with van der Waals surface area (Å²) in [6.45, 7) is 6.01. The van der Waals surface area contributed by atoms with Gasteiger partial charge in [0, 0.05) is 35.1 Å². The largest absolute Gasteiger partial charge is 0.384 e. The molecule has 2 aliphatic heterocycles. The second-order valence-corrected chi connectivity index (χ2v) is 8.08. The Balaban J connectivity index is 1.80. The summed E-state index contributed by atoms with van der Waals surface area (Å²) in [6.07, 6.45) is 7.35. The topological polar surface area (TPSA) is 100 Å². The van der Waals surface area contributed by atoms with Gasteiger partial charge in [0.05, 0.1) is 0 Å². The van der Waals surface area contributed by atoms with E-state index in [0.717, 1.165) is 66.6 Å². The molecule has 28 heavy (non-hydrogen) atoms. The summed E-state index contributed by atoms with van der Waals surface area (Å²) < 4.78 is 0. The van der Waals surface area contributed by atoms with E-state index in [9.17, 15) is 9.59 Å². The standard InChI is InChI=1S/C21H27N5O2/c1-12-15-10-23-17(22)9-16(15)24-14(3)18(12)13(2)19-20(28)25-21(26(19)11-27)7-5-4-6-8-21/h9-12,24H,4-8H2,1-3H3,(H2,22,23)(H,25,28)/b19-13-/t12-/m0/s1. The van der Waals surface area contributed by atoms with Crippen molar-refractivity contribution >= 4 is 23.8 Å². The van der Waals surface area contributed by atoms with E-state index in [4.69, 9.17) is 5.73 Å². The highest BCUT2D eigenvalue weighted by molar-refractivity contribution is 6.00. The van der Waals surface area contributed by atoms with Gasteiger partial charge in [0.1, 0.15) is 17.2 Å². The van der Waals surface area contributed by atoms with Crippen molar-refractivity contribution in [3.05, 3.63) is 40.4 Å². The second kappa shape index (κ2) is 6.65. The van der Waals surface area contributed by atoms with Crippen LogP contribution in [-0.4, -0.2) is 27.9 Å². The van der Waals surface area contributed by atoms with E-state index < -0.39 is 5.66 Å². The molecule has 7 heteroatoms. The molecule has 0 radical (unpaired) electrons.